The zero-order valence-electron chi connectivity index (χ0n) is 19.2. The van der Waals surface area contributed by atoms with E-state index in [1.807, 2.05) is 127 Å². The maximum absolute atomic E-state index is 13.7. The number of aromatic nitrogens is 2. The van der Waals surface area contributed by atoms with Crippen LogP contribution in [-0.4, -0.2) is 9.55 Å². The molecule has 4 aromatic carbocycles. The van der Waals surface area contributed by atoms with Crippen LogP contribution in [-0.2, 0) is 0 Å². The van der Waals surface area contributed by atoms with Crippen molar-refractivity contribution < 1.29 is 4.42 Å². The van der Waals surface area contributed by atoms with E-state index in [-0.39, 0.29) is 0 Å². The average molecular weight is 455 g/mol. The molecule has 6 rings (SSSR count). The smallest absolute Gasteiger partial charge is 0.361 e. The molecule has 0 aliphatic heterocycles. The van der Waals surface area contributed by atoms with Gasteiger partial charge in [0.25, 0.3) is 0 Å². The fraction of sp³-hybridized carbons (Fsp3) is 0.0323. The predicted molar refractivity (Wildman–Crippen MR) is 141 cm³/mol. The van der Waals surface area contributed by atoms with Gasteiger partial charge in [0.2, 0.25) is 0 Å². The van der Waals surface area contributed by atoms with Crippen LogP contribution < -0.4 is 5.63 Å². The molecule has 0 atom stereocenters. The quantitative estimate of drug-likeness (QED) is 0.263. The van der Waals surface area contributed by atoms with E-state index in [1.54, 1.807) is 0 Å². The van der Waals surface area contributed by atoms with Crippen LogP contribution in [0.25, 0.3) is 50.4 Å². The third-order valence-electron chi connectivity index (χ3n) is 6.15. The maximum atomic E-state index is 13.7. The van der Waals surface area contributed by atoms with E-state index in [4.69, 9.17) is 9.40 Å². The summed E-state index contributed by atoms with van der Waals surface area (Å²) in [4.78, 5) is 18.6. The van der Waals surface area contributed by atoms with E-state index in [9.17, 15) is 4.79 Å². The number of hydrogen-bond acceptors (Lipinski definition) is 3. The van der Waals surface area contributed by atoms with Crippen LogP contribution in [0.2, 0.25) is 0 Å². The van der Waals surface area contributed by atoms with Crippen LogP contribution in [0.15, 0.2) is 125 Å². The van der Waals surface area contributed by atoms with Crippen molar-refractivity contribution in [3.05, 3.63) is 131 Å². The standard InChI is InChI=1S/C31H22N2O2/c1-21-17-18-25-27(19-21)35-31(34)29(28(25)23-13-7-3-8-14-23)33-20-26(22-11-5-2-6-12-22)32-30(33)24-15-9-4-10-16-24/h2-20H,1H3. The SMILES string of the molecule is Cc1ccc2c(-c3ccccc3)c(-n3cc(-c4ccccc4)nc3-c3ccccc3)c(=O)oc2c1. The summed E-state index contributed by atoms with van der Waals surface area (Å²) in [5, 5.41) is 0.880. The molecule has 0 amide bonds. The highest BCUT2D eigenvalue weighted by molar-refractivity contribution is 5.98. The van der Waals surface area contributed by atoms with Gasteiger partial charge in [-0.3, -0.25) is 4.57 Å². The first-order chi connectivity index (χ1) is 17.2. The van der Waals surface area contributed by atoms with Gasteiger partial charge in [0.15, 0.2) is 0 Å². The Labute approximate surface area is 202 Å². The first-order valence-electron chi connectivity index (χ1n) is 11.5. The Morgan fingerprint density at radius 3 is 1.97 bits per heavy atom. The molecule has 0 unspecified atom stereocenters. The number of rotatable bonds is 4. The molecule has 0 N–H and O–H groups in total. The minimum absolute atomic E-state index is 0.406. The lowest BCUT2D eigenvalue weighted by Crippen LogP contribution is -2.13. The summed E-state index contributed by atoms with van der Waals surface area (Å²) in [7, 11) is 0. The number of nitrogens with zero attached hydrogens (tertiary/aromatic N) is 2. The van der Waals surface area contributed by atoms with Gasteiger partial charge in [0, 0.05) is 28.3 Å². The van der Waals surface area contributed by atoms with Crippen molar-refractivity contribution >= 4 is 11.0 Å². The molecule has 0 aliphatic carbocycles. The fourth-order valence-corrected chi connectivity index (χ4v) is 4.50. The molecule has 4 heteroatoms. The second-order valence-corrected chi connectivity index (χ2v) is 8.53. The average Bonchev–Trinajstić information content (AvgIpc) is 3.34. The molecule has 0 saturated carbocycles. The van der Waals surface area contributed by atoms with E-state index in [0.717, 1.165) is 38.9 Å². The monoisotopic (exact) mass is 454 g/mol. The fourth-order valence-electron chi connectivity index (χ4n) is 4.50. The molecule has 0 fully saturated rings. The van der Waals surface area contributed by atoms with Gasteiger partial charge >= 0.3 is 5.63 Å². The highest BCUT2D eigenvalue weighted by atomic mass is 16.4. The Balaban J connectivity index is 1.73. The van der Waals surface area contributed by atoms with E-state index < -0.39 is 5.63 Å². The molecule has 0 radical (unpaired) electrons. The van der Waals surface area contributed by atoms with Crippen molar-refractivity contribution in [2.45, 2.75) is 6.92 Å². The largest absolute Gasteiger partial charge is 0.421 e. The van der Waals surface area contributed by atoms with Crippen LogP contribution in [0.3, 0.4) is 0 Å². The summed E-state index contributed by atoms with van der Waals surface area (Å²) in [5.74, 6) is 0.681. The molecule has 168 valence electrons. The van der Waals surface area contributed by atoms with E-state index in [1.165, 1.54) is 0 Å². The molecule has 0 aliphatic rings. The number of benzene rings is 4. The maximum Gasteiger partial charge on any atom is 0.361 e. The number of fused-ring (bicyclic) bond motifs is 1. The number of aryl methyl sites for hydroxylation is 1. The molecular formula is C31H22N2O2. The second kappa shape index (κ2) is 8.58. The minimum Gasteiger partial charge on any atom is -0.421 e. The van der Waals surface area contributed by atoms with Crippen LogP contribution in [0.4, 0.5) is 0 Å². The lowest BCUT2D eigenvalue weighted by Gasteiger charge is -2.15. The van der Waals surface area contributed by atoms with Gasteiger partial charge in [-0.1, -0.05) is 103 Å². The summed E-state index contributed by atoms with van der Waals surface area (Å²) in [6.07, 6.45) is 1.93. The van der Waals surface area contributed by atoms with Crippen LogP contribution in [0.1, 0.15) is 5.56 Å². The van der Waals surface area contributed by atoms with Gasteiger partial charge in [-0.2, -0.15) is 0 Å². The molecule has 35 heavy (non-hydrogen) atoms. The zero-order chi connectivity index (χ0) is 23.8. The third kappa shape index (κ3) is 3.75. The van der Waals surface area contributed by atoms with Crippen molar-refractivity contribution in [1.82, 2.24) is 9.55 Å². The van der Waals surface area contributed by atoms with E-state index in [2.05, 4.69) is 0 Å². The lowest BCUT2D eigenvalue weighted by atomic mass is 9.99. The summed E-state index contributed by atoms with van der Waals surface area (Å²) < 4.78 is 7.77. The first kappa shape index (κ1) is 20.9. The highest BCUT2D eigenvalue weighted by Gasteiger charge is 2.22. The van der Waals surface area contributed by atoms with Crippen LogP contribution in [0, 0.1) is 6.92 Å². The molecule has 0 saturated heterocycles. The summed E-state index contributed by atoms with van der Waals surface area (Å²) in [6, 6.07) is 35.9. The van der Waals surface area contributed by atoms with E-state index >= 15 is 0 Å². The Bertz CT molecular complexity index is 1700. The highest BCUT2D eigenvalue weighted by Crippen LogP contribution is 2.36. The normalized spacial score (nSPS) is 11.1. The third-order valence-corrected chi connectivity index (χ3v) is 6.15. The zero-order valence-corrected chi connectivity index (χ0v) is 19.2. The molecule has 4 nitrogen and oxygen atoms in total. The predicted octanol–water partition coefficient (Wildman–Crippen LogP) is 7.29. The van der Waals surface area contributed by atoms with Gasteiger partial charge in [0.05, 0.1) is 5.69 Å². The lowest BCUT2D eigenvalue weighted by molar-refractivity contribution is 0.556. The number of imidazole rings is 1. The van der Waals surface area contributed by atoms with Crippen LogP contribution >= 0.6 is 0 Å². The summed E-state index contributed by atoms with van der Waals surface area (Å²) in [6.45, 7) is 1.99. The molecule has 2 heterocycles. The van der Waals surface area contributed by atoms with Gasteiger partial charge in [0.1, 0.15) is 17.1 Å². The number of hydrogen-bond donors (Lipinski definition) is 0. The summed E-state index contributed by atoms with van der Waals surface area (Å²) >= 11 is 0. The van der Waals surface area contributed by atoms with Gasteiger partial charge in [-0.25, -0.2) is 9.78 Å². The van der Waals surface area contributed by atoms with E-state index in [0.29, 0.717) is 17.1 Å². The summed E-state index contributed by atoms with van der Waals surface area (Å²) in [5.41, 5.74) is 6.09. The van der Waals surface area contributed by atoms with Crippen LogP contribution in [0.5, 0.6) is 0 Å². The van der Waals surface area contributed by atoms with Gasteiger partial charge in [-0.15, -0.1) is 0 Å². The molecular weight excluding hydrogens is 432 g/mol. The van der Waals surface area contributed by atoms with Crippen molar-refractivity contribution in [1.29, 1.82) is 0 Å². The Morgan fingerprint density at radius 2 is 1.31 bits per heavy atom. The van der Waals surface area contributed by atoms with Gasteiger partial charge < -0.3 is 4.42 Å². The molecule has 2 aromatic heterocycles. The van der Waals surface area contributed by atoms with Gasteiger partial charge in [-0.05, 0) is 24.1 Å². The molecule has 6 aromatic rings. The van der Waals surface area contributed by atoms with Crippen molar-refractivity contribution in [2.24, 2.45) is 0 Å². The van der Waals surface area contributed by atoms with Crippen molar-refractivity contribution in [2.75, 3.05) is 0 Å². The first-order valence-corrected chi connectivity index (χ1v) is 11.5. The minimum atomic E-state index is -0.406. The topological polar surface area (TPSA) is 48.0 Å². The molecule has 0 bridgehead atoms. The Kier molecular flexibility index (Phi) is 5.12. The Hall–Kier alpha value is -4.70. The Morgan fingerprint density at radius 1 is 0.714 bits per heavy atom. The van der Waals surface area contributed by atoms with Crippen molar-refractivity contribution in [3.63, 3.8) is 0 Å². The van der Waals surface area contributed by atoms with Crippen molar-refractivity contribution in [3.8, 4) is 39.5 Å². The second-order valence-electron chi connectivity index (χ2n) is 8.53. The molecule has 0 spiro atoms.